The van der Waals surface area contributed by atoms with Crippen LogP contribution in [0.3, 0.4) is 0 Å². The van der Waals surface area contributed by atoms with Crippen LogP contribution in [0.4, 0.5) is 0 Å². The summed E-state index contributed by atoms with van der Waals surface area (Å²) in [6.45, 7) is 7.67. The van der Waals surface area contributed by atoms with Gasteiger partial charge in [0.2, 0.25) is 0 Å². The minimum absolute atomic E-state index is 0.415. The molecule has 0 unspecified atom stereocenters. The van der Waals surface area contributed by atoms with Crippen LogP contribution in [0, 0.1) is 0 Å². The molecule has 0 radical (unpaired) electrons. The molecule has 0 amide bonds. The first-order valence-corrected chi connectivity index (χ1v) is 3.01. The van der Waals surface area contributed by atoms with Crippen LogP contribution in [-0.2, 0) is 0 Å². The third-order valence-corrected chi connectivity index (χ3v) is 0.855. The summed E-state index contributed by atoms with van der Waals surface area (Å²) in [7, 11) is 0. The van der Waals surface area contributed by atoms with E-state index in [1.807, 2.05) is 13.8 Å². The standard InChI is InChI=1S/C7H14N2/c1-4-7(5-8)9-6(2)3/h4-6,9H,1,8H2,2-3H3/b7-5-. The summed E-state index contributed by atoms with van der Waals surface area (Å²) in [4.78, 5) is 0. The molecule has 0 aliphatic carbocycles. The Hall–Kier alpha value is -0.920. The van der Waals surface area contributed by atoms with Gasteiger partial charge in [-0.05, 0) is 19.9 Å². The molecule has 0 aromatic rings. The maximum atomic E-state index is 5.24. The molecular formula is C7H14N2. The highest BCUT2D eigenvalue weighted by molar-refractivity contribution is 5.12. The molecule has 0 aliphatic heterocycles. The summed E-state index contributed by atoms with van der Waals surface area (Å²) in [5.41, 5.74) is 6.12. The molecule has 0 spiro atoms. The normalized spacial score (nSPS) is 11.7. The van der Waals surface area contributed by atoms with E-state index >= 15 is 0 Å². The third-order valence-electron chi connectivity index (χ3n) is 0.855. The summed E-state index contributed by atoms with van der Waals surface area (Å²) >= 11 is 0. The Labute approximate surface area is 56.4 Å². The predicted molar refractivity (Wildman–Crippen MR) is 40.7 cm³/mol. The second-order valence-corrected chi connectivity index (χ2v) is 2.13. The summed E-state index contributed by atoms with van der Waals surface area (Å²) in [5, 5.41) is 3.10. The highest BCUT2D eigenvalue weighted by atomic mass is 14.9. The van der Waals surface area contributed by atoms with Crippen LogP contribution in [0.1, 0.15) is 13.8 Å². The minimum atomic E-state index is 0.415. The highest BCUT2D eigenvalue weighted by Gasteiger charge is 1.90. The summed E-state index contributed by atoms with van der Waals surface area (Å²) in [5.74, 6) is 0. The van der Waals surface area contributed by atoms with E-state index in [0.717, 1.165) is 5.70 Å². The van der Waals surface area contributed by atoms with Crippen molar-refractivity contribution in [3.05, 3.63) is 24.6 Å². The van der Waals surface area contributed by atoms with Crippen LogP contribution in [0.2, 0.25) is 0 Å². The fourth-order valence-corrected chi connectivity index (χ4v) is 0.508. The Balaban J connectivity index is 3.71. The van der Waals surface area contributed by atoms with Crippen LogP contribution in [0.25, 0.3) is 0 Å². The fourth-order valence-electron chi connectivity index (χ4n) is 0.508. The largest absolute Gasteiger partial charge is 0.403 e. The molecule has 0 rings (SSSR count). The molecule has 9 heavy (non-hydrogen) atoms. The zero-order valence-electron chi connectivity index (χ0n) is 6.02. The van der Waals surface area contributed by atoms with Gasteiger partial charge in [-0.3, -0.25) is 0 Å². The molecule has 2 nitrogen and oxygen atoms in total. The van der Waals surface area contributed by atoms with Crippen molar-refractivity contribution in [2.75, 3.05) is 0 Å². The van der Waals surface area contributed by atoms with Gasteiger partial charge in [-0.25, -0.2) is 0 Å². The van der Waals surface area contributed by atoms with Gasteiger partial charge in [0.05, 0.1) is 0 Å². The number of nitrogens with one attached hydrogen (secondary N) is 1. The second kappa shape index (κ2) is 4.01. The third kappa shape index (κ3) is 3.64. The maximum Gasteiger partial charge on any atom is 0.0493 e. The van der Waals surface area contributed by atoms with E-state index in [-0.39, 0.29) is 0 Å². The Morgan fingerprint density at radius 1 is 1.67 bits per heavy atom. The van der Waals surface area contributed by atoms with E-state index in [9.17, 15) is 0 Å². The summed E-state index contributed by atoms with van der Waals surface area (Å²) < 4.78 is 0. The molecular weight excluding hydrogens is 112 g/mol. The van der Waals surface area contributed by atoms with Gasteiger partial charge in [-0.15, -0.1) is 0 Å². The van der Waals surface area contributed by atoms with Crippen LogP contribution in [-0.4, -0.2) is 6.04 Å². The monoisotopic (exact) mass is 126 g/mol. The van der Waals surface area contributed by atoms with Gasteiger partial charge in [0.15, 0.2) is 0 Å². The number of rotatable bonds is 3. The molecule has 0 fully saturated rings. The zero-order chi connectivity index (χ0) is 7.28. The number of nitrogens with two attached hydrogens (primary N) is 1. The van der Waals surface area contributed by atoms with Crippen molar-refractivity contribution in [1.29, 1.82) is 0 Å². The fraction of sp³-hybridized carbons (Fsp3) is 0.429. The highest BCUT2D eigenvalue weighted by Crippen LogP contribution is 1.88. The quantitative estimate of drug-likeness (QED) is 0.553. The molecule has 3 N–H and O–H groups in total. The number of hydrogen-bond acceptors (Lipinski definition) is 2. The number of hydrogen-bond donors (Lipinski definition) is 2. The first kappa shape index (κ1) is 8.08. The molecule has 0 aromatic heterocycles. The zero-order valence-corrected chi connectivity index (χ0v) is 6.02. The van der Waals surface area contributed by atoms with E-state index in [4.69, 9.17) is 5.73 Å². The Morgan fingerprint density at radius 2 is 2.22 bits per heavy atom. The molecule has 0 aromatic carbocycles. The molecule has 52 valence electrons. The number of allylic oxidation sites excluding steroid dienone is 1. The van der Waals surface area contributed by atoms with Gasteiger partial charge >= 0.3 is 0 Å². The smallest absolute Gasteiger partial charge is 0.0493 e. The van der Waals surface area contributed by atoms with Gasteiger partial charge in [-0.2, -0.15) is 0 Å². The topological polar surface area (TPSA) is 38.0 Å². The van der Waals surface area contributed by atoms with Crippen molar-refractivity contribution < 1.29 is 0 Å². The van der Waals surface area contributed by atoms with E-state index in [1.54, 1.807) is 6.08 Å². The van der Waals surface area contributed by atoms with Gasteiger partial charge < -0.3 is 11.1 Å². The van der Waals surface area contributed by atoms with Crippen molar-refractivity contribution in [1.82, 2.24) is 5.32 Å². The van der Waals surface area contributed by atoms with Crippen LogP contribution < -0.4 is 11.1 Å². The van der Waals surface area contributed by atoms with Gasteiger partial charge in [0.1, 0.15) is 0 Å². The lowest BCUT2D eigenvalue weighted by atomic mass is 10.3. The SMILES string of the molecule is C=C/C(=C/N)NC(C)C. The van der Waals surface area contributed by atoms with Crippen molar-refractivity contribution >= 4 is 0 Å². The van der Waals surface area contributed by atoms with Crippen molar-refractivity contribution in [2.24, 2.45) is 5.73 Å². The van der Waals surface area contributed by atoms with Gasteiger partial charge in [0, 0.05) is 17.9 Å². The lowest BCUT2D eigenvalue weighted by Gasteiger charge is -2.08. The summed E-state index contributed by atoms with van der Waals surface area (Å²) in [6, 6.07) is 0.415. The van der Waals surface area contributed by atoms with E-state index < -0.39 is 0 Å². The average molecular weight is 126 g/mol. The van der Waals surface area contributed by atoms with Crippen LogP contribution >= 0.6 is 0 Å². The summed E-state index contributed by atoms with van der Waals surface area (Å²) in [6.07, 6.45) is 3.20. The maximum absolute atomic E-state index is 5.24. The lowest BCUT2D eigenvalue weighted by molar-refractivity contribution is 0.680. The lowest BCUT2D eigenvalue weighted by Crippen LogP contribution is -2.21. The van der Waals surface area contributed by atoms with E-state index in [1.165, 1.54) is 6.20 Å². The van der Waals surface area contributed by atoms with E-state index in [2.05, 4.69) is 11.9 Å². The first-order chi connectivity index (χ1) is 4.20. The molecule has 2 heteroatoms. The molecule has 0 bridgehead atoms. The van der Waals surface area contributed by atoms with Crippen LogP contribution in [0.15, 0.2) is 24.6 Å². The van der Waals surface area contributed by atoms with Gasteiger partial charge in [0.25, 0.3) is 0 Å². The van der Waals surface area contributed by atoms with E-state index in [0.29, 0.717) is 6.04 Å². The Morgan fingerprint density at radius 3 is 2.33 bits per heavy atom. The molecule has 0 saturated heterocycles. The predicted octanol–water partition coefficient (Wildman–Crippen LogP) is 0.970. The van der Waals surface area contributed by atoms with Crippen LogP contribution in [0.5, 0.6) is 0 Å². The Kier molecular flexibility index (Phi) is 3.60. The molecule has 0 heterocycles. The van der Waals surface area contributed by atoms with Crippen molar-refractivity contribution in [3.8, 4) is 0 Å². The first-order valence-electron chi connectivity index (χ1n) is 3.01. The minimum Gasteiger partial charge on any atom is -0.403 e. The van der Waals surface area contributed by atoms with Crippen molar-refractivity contribution in [3.63, 3.8) is 0 Å². The molecule has 0 saturated carbocycles. The van der Waals surface area contributed by atoms with Gasteiger partial charge in [-0.1, -0.05) is 6.58 Å². The van der Waals surface area contributed by atoms with Crippen molar-refractivity contribution in [2.45, 2.75) is 19.9 Å². The molecule has 0 atom stereocenters. The molecule has 0 aliphatic rings. The second-order valence-electron chi connectivity index (χ2n) is 2.13. The average Bonchev–Trinajstić information content (AvgIpc) is 1.82. The Bertz CT molecular complexity index is 114.